The van der Waals surface area contributed by atoms with Gasteiger partial charge in [0.1, 0.15) is 25.3 Å². The second-order valence-corrected chi connectivity index (χ2v) is 10.3. The van der Waals surface area contributed by atoms with Crippen LogP contribution in [-0.4, -0.2) is 31.6 Å². The van der Waals surface area contributed by atoms with Gasteiger partial charge in [0, 0.05) is 4.47 Å². The monoisotopic (exact) mass is 565 g/mol. The van der Waals surface area contributed by atoms with E-state index in [9.17, 15) is 8.42 Å². The summed E-state index contributed by atoms with van der Waals surface area (Å²) < 4.78 is 40.8. The Kier molecular flexibility index (Phi) is 8.35. The van der Waals surface area contributed by atoms with Crippen molar-refractivity contribution in [2.24, 2.45) is 0 Å². The number of rotatable bonds is 10. The summed E-state index contributed by atoms with van der Waals surface area (Å²) in [7, 11) is -3.86. The van der Waals surface area contributed by atoms with Crippen LogP contribution in [0.4, 0.5) is 5.82 Å². The molecule has 4 aromatic rings. The van der Waals surface area contributed by atoms with Crippen LogP contribution in [0.2, 0.25) is 0 Å². The SMILES string of the molecule is Cc1ccc(-c2c(NS(=O)(=O)/C=C/c3ccccc3)ncnc2OCCOc2ccc(Br)cc2)cc1. The molecule has 4 rings (SSSR count). The Bertz CT molecular complexity index is 1430. The lowest BCUT2D eigenvalue weighted by Gasteiger charge is -2.15. The van der Waals surface area contributed by atoms with E-state index < -0.39 is 10.0 Å². The molecule has 7 nitrogen and oxygen atoms in total. The minimum Gasteiger partial charge on any atom is -0.490 e. The minimum atomic E-state index is -3.86. The maximum absolute atomic E-state index is 12.8. The van der Waals surface area contributed by atoms with E-state index in [0.29, 0.717) is 11.3 Å². The molecule has 0 bridgehead atoms. The highest BCUT2D eigenvalue weighted by Gasteiger charge is 2.19. The first-order valence-corrected chi connectivity index (χ1v) is 13.4. The largest absolute Gasteiger partial charge is 0.490 e. The quantitative estimate of drug-likeness (QED) is 0.234. The lowest BCUT2D eigenvalue weighted by Crippen LogP contribution is -2.14. The number of nitrogens with zero attached hydrogens (tertiary/aromatic N) is 2. The van der Waals surface area contributed by atoms with Gasteiger partial charge in [-0.1, -0.05) is 76.1 Å². The fourth-order valence-corrected chi connectivity index (χ4v) is 4.36. The molecule has 1 heterocycles. The molecule has 0 atom stereocenters. The maximum Gasteiger partial charge on any atom is 0.256 e. The summed E-state index contributed by atoms with van der Waals surface area (Å²) in [6, 6.07) is 24.2. The van der Waals surface area contributed by atoms with Crippen LogP contribution < -0.4 is 14.2 Å². The summed E-state index contributed by atoms with van der Waals surface area (Å²) in [6.07, 6.45) is 2.79. The van der Waals surface area contributed by atoms with Crippen molar-refractivity contribution in [3.63, 3.8) is 0 Å². The zero-order chi connectivity index (χ0) is 25.4. The van der Waals surface area contributed by atoms with Crippen LogP contribution in [0.15, 0.2) is 95.1 Å². The van der Waals surface area contributed by atoms with Crippen molar-refractivity contribution in [1.29, 1.82) is 0 Å². The van der Waals surface area contributed by atoms with E-state index in [1.807, 2.05) is 85.8 Å². The molecule has 0 saturated heterocycles. The molecule has 1 N–H and O–H groups in total. The number of aryl methyl sites for hydroxylation is 1. The summed E-state index contributed by atoms with van der Waals surface area (Å²) in [4.78, 5) is 8.48. The number of sulfonamides is 1. The molecule has 184 valence electrons. The minimum absolute atomic E-state index is 0.121. The smallest absolute Gasteiger partial charge is 0.256 e. The zero-order valence-corrected chi connectivity index (χ0v) is 21.9. The average molecular weight is 566 g/mol. The number of anilines is 1. The number of benzene rings is 3. The van der Waals surface area contributed by atoms with Crippen molar-refractivity contribution in [2.45, 2.75) is 6.92 Å². The summed E-state index contributed by atoms with van der Waals surface area (Å²) in [5, 5.41) is 1.11. The molecule has 0 saturated carbocycles. The van der Waals surface area contributed by atoms with Crippen LogP contribution in [-0.2, 0) is 10.0 Å². The first-order chi connectivity index (χ1) is 17.4. The topological polar surface area (TPSA) is 90.4 Å². The molecule has 0 spiro atoms. The molecular formula is C27H24BrN3O4S. The summed E-state index contributed by atoms with van der Waals surface area (Å²) in [5.74, 6) is 1.08. The second kappa shape index (κ2) is 11.8. The zero-order valence-electron chi connectivity index (χ0n) is 19.5. The Morgan fingerprint density at radius 1 is 0.889 bits per heavy atom. The van der Waals surface area contributed by atoms with Crippen molar-refractivity contribution >= 4 is 37.8 Å². The lowest BCUT2D eigenvalue weighted by atomic mass is 10.1. The third-order valence-electron chi connectivity index (χ3n) is 5.04. The van der Waals surface area contributed by atoms with E-state index in [2.05, 4.69) is 30.6 Å². The highest BCUT2D eigenvalue weighted by atomic mass is 79.9. The van der Waals surface area contributed by atoms with Gasteiger partial charge in [0.25, 0.3) is 10.0 Å². The molecule has 0 amide bonds. The first-order valence-electron chi connectivity index (χ1n) is 11.1. The normalized spacial score (nSPS) is 11.4. The number of aromatic nitrogens is 2. The molecule has 9 heteroatoms. The van der Waals surface area contributed by atoms with Crippen LogP contribution in [0.25, 0.3) is 17.2 Å². The van der Waals surface area contributed by atoms with Gasteiger partial charge < -0.3 is 9.47 Å². The van der Waals surface area contributed by atoms with Gasteiger partial charge in [-0.25, -0.2) is 18.4 Å². The summed E-state index contributed by atoms with van der Waals surface area (Å²) in [6.45, 7) is 2.45. The number of hydrogen-bond donors (Lipinski definition) is 1. The standard InChI is InChI=1S/C27H24BrN3O4S/c1-20-7-9-22(10-8-20)25-26(31-36(32,33)18-15-21-5-3-2-4-6-21)29-19-30-27(25)35-17-16-34-24-13-11-23(28)12-14-24/h2-15,18-19H,16-17H2,1H3,(H,29,30,31)/b18-15+. The van der Waals surface area contributed by atoms with Gasteiger partial charge in [-0.05, 0) is 48.4 Å². The molecule has 0 unspecified atom stereocenters. The van der Waals surface area contributed by atoms with E-state index in [0.717, 1.165) is 26.6 Å². The Morgan fingerprint density at radius 3 is 2.31 bits per heavy atom. The van der Waals surface area contributed by atoms with Crippen LogP contribution in [0.5, 0.6) is 11.6 Å². The van der Waals surface area contributed by atoms with Crippen molar-refractivity contribution in [2.75, 3.05) is 17.9 Å². The van der Waals surface area contributed by atoms with Gasteiger partial charge in [-0.15, -0.1) is 0 Å². The van der Waals surface area contributed by atoms with E-state index in [4.69, 9.17) is 9.47 Å². The number of hydrogen-bond acceptors (Lipinski definition) is 6. The number of ether oxygens (including phenoxy) is 2. The van der Waals surface area contributed by atoms with Gasteiger partial charge in [0.2, 0.25) is 5.88 Å². The van der Waals surface area contributed by atoms with Crippen molar-refractivity contribution in [3.8, 4) is 22.8 Å². The van der Waals surface area contributed by atoms with Crippen molar-refractivity contribution in [3.05, 3.63) is 106 Å². The molecule has 3 aromatic carbocycles. The van der Waals surface area contributed by atoms with Crippen LogP contribution >= 0.6 is 15.9 Å². The van der Waals surface area contributed by atoms with Crippen LogP contribution in [0.1, 0.15) is 11.1 Å². The van der Waals surface area contributed by atoms with Gasteiger partial charge in [-0.2, -0.15) is 0 Å². The molecule has 0 aliphatic carbocycles. The van der Waals surface area contributed by atoms with Gasteiger partial charge >= 0.3 is 0 Å². The number of halogens is 1. The third kappa shape index (κ3) is 7.16. The van der Waals surface area contributed by atoms with Crippen molar-refractivity contribution in [1.82, 2.24) is 9.97 Å². The Hall–Kier alpha value is -3.69. The predicted molar refractivity (Wildman–Crippen MR) is 145 cm³/mol. The summed E-state index contributed by atoms with van der Waals surface area (Å²) >= 11 is 3.39. The second-order valence-electron chi connectivity index (χ2n) is 7.78. The van der Waals surface area contributed by atoms with Gasteiger partial charge in [0.05, 0.1) is 11.0 Å². The molecule has 0 radical (unpaired) electrons. The van der Waals surface area contributed by atoms with Gasteiger partial charge in [-0.3, -0.25) is 4.72 Å². The molecule has 1 aromatic heterocycles. The van der Waals surface area contributed by atoms with Crippen LogP contribution in [0.3, 0.4) is 0 Å². The number of nitrogens with one attached hydrogen (secondary N) is 1. The highest BCUT2D eigenvalue weighted by Crippen LogP contribution is 2.34. The third-order valence-corrected chi connectivity index (χ3v) is 6.54. The molecule has 36 heavy (non-hydrogen) atoms. The van der Waals surface area contributed by atoms with E-state index in [-0.39, 0.29) is 24.9 Å². The molecule has 0 fully saturated rings. The van der Waals surface area contributed by atoms with Crippen LogP contribution in [0, 0.1) is 6.92 Å². The Morgan fingerprint density at radius 2 is 1.58 bits per heavy atom. The van der Waals surface area contributed by atoms with E-state index in [1.165, 1.54) is 12.4 Å². The first kappa shape index (κ1) is 25.4. The highest BCUT2D eigenvalue weighted by molar-refractivity contribution is 9.10. The predicted octanol–water partition coefficient (Wildman–Crippen LogP) is 6.08. The summed E-state index contributed by atoms with van der Waals surface area (Å²) in [5.41, 5.74) is 2.99. The maximum atomic E-state index is 12.8. The fraction of sp³-hybridized carbons (Fsp3) is 0.111. The average Bonchev–Trinajstić information content (AvgIpc) is 2.88. The molecule has 0 aliphatic heterocycles. The van der Waals surface area contributed by atoms with Gasteiger partial charge in [0.15, 0.2) is 5.82 Å². The Labute approximate surface area is 219 Å². The molecule has 0 aliphatic rings. The Balaban J connectivity index is 1.56. The van der Waals surface area contributed by atoms with E-state index in [1.54, 1.807) is 0 Å². The van der Waals surface area contributed by atoms with E-state index >= 15 is 0 Å². The van der Waals surface area contributed by atoms with Crippen molar-refractivity contribution < 1.29 is 17.9 Å². The fourth-order valence-electron chi connectivity index (χ4n) is 3.27. The molecular weight excluding hydrogens is 542 g/mol. The lowest BCUT2D eigenvalue weighted by molar-refractivity contribution is 0.212.